The molecule has 0 radical (unpaired) electrons. The number of anilines is 1. The summed E-state index contributed by atoms with van der Waals surface area (Å²) in [5, 5.41) is 6.87. The first-order valence-corrected chi connectivity index (χ1v) is 9.89. The lowest BCUT2D eigenvalue weighted by molar-refractivity contribution is -0.113. The quantitative estimate of drug-likeness (QED) is 0.294. The molecule has 8 nitrogen and oxygen atoms in total. The van der Waals surface area contributed by atoms with Crippen molar-refractivity contribution in [1.82, 2.24) is 0 Å². The smallest absolute Gasteiger partial charge is 0.289 e. The minimum Gasteiger partial charge on any atom is -0.304 e. The third kappa shape index (κ3) is 4.03. The van der Waals surface area contributed by atoms with Crippen LogP contribution in [0.4, 0.5) is 5.69 Å². The number of nitrogens with zero attached hydrogens (tertiary/aromatic N) is 3. The summed E-state index contributed by atoms with van der Waals surface area (Å²) in [4.78, 5) is 11.2. The Balaban J connectivity index is 1.84. The lowest BCUT2D eigenvalue weighted by Gasteiger charge is -2.17. The van der Waals surface area contributed by atoms with Gasteiger partial charge in [0.05, 0.1) is 5.69 Å². The zero-order chi connectivity index (χ0) is 19.4. The molecule has 10 heteroatoms. The van der Waals surface area contributed by atoms with Crippen molar-refractivity contribution in [3.63, 3.8) is 0 Å². The topological polar surface area (TPSA) is 131 Å². The number of nitrogens with two attached hydrogens (primary N) is 2. The Labute approximate surface area is 159 Å². The van der Waals surface area contributed by atoms with E-state index in [2.05, 4.69) is 10.3 Å². The number of carbonyl (C=O) groups excluding carboxylic acids is 1. The third-order valence-corrected chi connectivity index (χ3v) is 6.79. The normalized spacial score (nSPS) is 12.2. The van der Waals surface area contributed by atoms with Crippen LogP contribution in [-0.4, -0.2) is 14.3 Å². The largest absolute Gasteiger partial charge is 0.304 e. The van der Waals surface area contributed by atoms with E-state index >= 15 is 0 Å². The van der Waals surface area contributed by atoms with Gasteiger partial charge in [0.2, 0.25) is 0 Å². The lowest BCUT2D eigenvalue weighted by atomic mass is 10.2. The van der Waals surface area contributed by atoms with E-state index in [0.717, 1.165) is 25.8 Å². The highest BCUT2D eigenvalue weighted by Gasteiger charge is 2.24. The first-order valence-electron chi connectivity index (χ1n) is 7.63. The molecular formula is C17H15N5O3S2. The number of hydrazine groups is 1. The number of hydrogen-bond acceptors (Lipinski definition) is 6. The molecule has 0 atom stereocenters. The van der Waals surface area contributed by atoms with Gasteiger partial charge in [0.15, 0.2) is 0 Å². The van der Waals surface area contributed by atoms with E-state index < -0.39 is 15.9 Å². The zero-order valence-electron chi connectivity index (χ0n) is 13.9. The van der Waals surface area contributed by atoms with Crippen LogP contribution in [0.2, 0.25) is 0 Å². The number of thiophene rings is 1. The highest BCUT2D eigenvalue weighted by molar-refractivity contribution is 7.94. The Morgan fingerprint density at radius 3 is 2.48 bits per heavy atom. The molecule has 3 aromatic rings. The average molecular weight is 401 g/mol. The Kier molecular flexibility index (Phi) is 5.31. The summed E-state index contributed by atoms with van der Waals surface area (Å²) in [7, 11) is -3.88. The van der Waals surface area contributed by atoms with E-state index in [1.807, 2.05) is 24.3 Å². The number of rotatable bonds is 5. The van der Waals surface area contributed by atoms with Crippen molar-refractivity contribution >= 4 is 49.1 Å². The molecule has 0 fully saturated rings. The molecule has 0 saturated heterocycles. The first kappa shape index (κ1) is 18.7. The van der Waals surface area contributed by atoms with E-state index in [1.165, 1.54) is 12.2 Å². The van der Waals surface area contributed by atoms with Gasteiger partial charge in [-0.3, -0.25) is 4.79 Å². The summed E-state index contributed by atoms with van der Waals surface area (Å²) >= 11 is 1.16. The van der Waals surface area contributed by atoms with Gasteiger partial charge in [0, 0.05) is 10.8 Å². The average Bonchev–Trinajstić information content (AvgIpc) is 3.11. The Morgan fingerprint density at radius 2 is 1.81 bits per heavy atom. The molecule has 0 aliphatic rings. The number of carbonyl (C=O) groups is 1. The van der Waals surface area contributed by atoms with Gasteiger partial charge < -0.3 is 5.84 Å². The van der Waals surface area contributed by atoms with Crippen molar-refractivity contribution in [2.45, 2.75) is 4.21 Å². The fourth-order valence-corrected chi connectivity index (χ4v) is 4.91. The summed E-state index contributed by atoms with van der Waals surface area (Å²) in [6.45, 7) is 0. The molecule has 0 saturated carbocycles. The van der Waals surface area contributed by atoms with Crippen LogP contribution in [0.1, 0.15) is 5.56 Å². The summed E-state index contributed by atoms with van der Waals surface area (Å²) in [6, 6.07) is 15.3. The highest BCUT2D eigenvalue weighted by atomic mass is 32.2. The minimum atomic E-state index is -3.88. The van der Waals surface area contributed by atoms with Crippen LogP contribution in [0.3, 0.4) is 0 Å². The molecular weight excluding hydrogens is 386 g/mol. The van der Waals surface area contributed by atoms with Crippen molar-refractivity contribution in [1.29, 1.82) is 0 Å². The molecule has 2 aromatic carbocycles. The van der Waals surface area contributed by atoms with Gasteiger partial charge in [0.25, 0.3) is 15.9 Å². The molecule has 0 aliphatic heterocycles. The van der Waals surface area contributed by atoms with Gasteiger partial charge in [-0.15, -0.1) is 11.3 Å². The molecule has 0 aliphatic carbocycles. The maximum atomic E-state index is 12.8. The Morgan fingerprint density at radius 1 is 1.11 bits per heavy atom. The molecule has 27 heavy (non-hydrogen) atoms. The second-order valence-electron chi connectivity index (χ2n) is 5.38. The number of amides is 1. The monoisotopic (exact) mass is 401 g/mol. The minimum absolute atomic E-state index is 0.160. The summed E-state index contributed by atoms with van der Waals surface area (Å²) < 4.78 is 27.3. The fraction of sp³-hybridized carbons (Fsp3) is 0. The maximum absolute atomic E-state index is 12.8. The lowest BCUT2D eigenvalue weighted by Crippen LogP contribution is -2.36. The second-order valence-corrected chi connectivity index (χ2v) is 8.51. The molecule has 0 spiro atoms. The number of hydrogen-bond donors (Lipinski definition) is 2. The summed E-state index contributed by atoms with van der Waals surface area (Å²) in [6.07, 6.45) is 2.70. The van der Waals surface area contributed by atoms with Gasteiger partial charge >= 0.3 is 0 Å². The maximum Gasteiger partial charge on any atom is 0.289 e. The third-order valence-electron chi connectivity index (χ3n) is 3.64. The van der Waals surface area contributed by atoms with Gasteiger partial charge in [0.1, 0.15) is 4.21 Å². The number of sulfonamides is 1. The molecule has 1 amide bonds. The van der Waals surface area contributed by atoms with E-state index in [9.17, 15) is 13.2 Å². The molecule has 1 aromatic heterocycles. The van der Waals surface area contributed by atoms with Crippen molar-refractivity contribution in [2.75, 3.05) is 4.41 Å². The van der Waals surface area contributed by atoms with Crippen molar-refractivity contribution in [3.05, 3.63) is 66.2 Å². The summed E-state index contributed by atoms with van der Waals surface area (Å²) in [5.74, 6) is 10.1. The SMILES string of the molecule is NN=NC(=O)/C=C/c1ccc(N(N)S(=O)(=O)c2cc3ccccc3s2)cc1. The van der Waals surface area contributed by atoms with Crippen LogP contribution in [0.25, 0.3) is 16.2 Å². The van der Waals surface area contributed by atoms with Gasteiger partial charge in [-0.1, -0.05) is 40.7 Å². The summed E-state index contributed by atoms with van der Waals surface area (Å²) in [5.41, 5.74) is 0.949. The van der Waals surface area contributed by atoms with Crippen LogP contribution in [-0.2, 0) is 14.8 Å². The van der Waals surface area contributed by atoms with Crippen LogP contribution in [0, 0.1) is 0 Å². The van der Waals surface area contributed by atoms with E-state index in [4.69, 9.17) is 11.7 Å². The van der Waals surface area contributed by atoms with E-state index in [-0.39, 0.29) is 9.90 Å². The van der Waals surface area contributed by atoms with Crippen LogP contribution < -0.4 is 16.1 Å². The van der Waals surface area contributed by atoms with Gasteiger partial charge in [-0.25, -0.2) is 10.3 Å². The fourth-order valence-electron chi connectivity index (χ4n) is 2.31. The van der Waals surface area contributed by atoms with E-state index in [1.54, 1.807) is 30.3 Å². The first-order chi connectivity index (χ1) is 12.9. The van der Waals surface area contributed by atoms with Crippen LogP contribution in [0.5, 0.6) is 0 Å². The van der Waals surface area contributed by atoms with Gasteiger partial charge in [-0.2, -0.15) is 8.42 Å². The van der Waals surface area contributed by atoms with Gasteiger partial charge in [-0.05, 0) is 41.3 Å². The van der Waals surface area contributed by atoms with Crippen LogP contribution in [0.15, 0.2) is 75.2 Å². The van der Waals surface area contributed by atoms with Crippen molar-refractivity contribution in [3.8, 4) is 0 Å². The molecule has 4 N–H and O–H groups in total. The highest BCUT2D eigenvalue weighted by Crippen LogP contribution is 2.31. The molecule has 138 valence electrons. The number of benzene rings is 2. The predicted molar refractivity (Wildman–Crippen MR) is 105 cm³/mol. The molecule has 0 bridgehead atoms. The van der Waals surface area contributed by atoms with Crippen LogP contribution >= 0.6 is 11.3 Å². The number of fused-ring (bicyclic) bond motifs is 1. The Hall–Kier alpha value is -3.08. The standard InChI is InChI=1S/C17H15N5O3S2/c18-21-20-16(23)10-7-12-5-8-14(9-6-12)22(19)27(24,25)17-11-13-3-1-2-4-15(13)26-17/h1-11H,19H2,(H2,18,20,23)/b10-7+. The predicted octanol–water partition coefficient (Wildman–Crippen LogP) is 2.84. The van der Waals surface area contributed by atoms with E-state index in [0.29, 0.717) is 5.56 Å². The van der Waals surface area contributed by atoms with Crippen molar-refractivity contribution in [2.24, 2.45) is 22.0 Å². The van der Waals surface area contributed by atoms with Crippen molar-refractivity contribution < 1.29 is 13.2 Å². The Bertz CT molecular complexity index is 1100. The molecule has 1 heterocycles. The second kappa shape index (κ2) is 7.66. The molecule has 0 unspecified atom stereocenters. The molecule has 3 rings (SSSR count). The zero-order valence-corrected chi connectivity index (χ0v) is 15.5.